The van der Waals surface area contributed by atoms with Crippen molar-refractivity contribution in [2.75, 3.05) is 13.2 Å². The molecule has 0 saturated heterocycles. The van der Waals surface area contributed by atoms with Crippen molar-refractivity contribution >= 4 is 17.7 Å². The van der Waals surface area contributed by atoms with E-state index in [9.17, 15) is 24.6 Å². The summed E-state index contributed by atoms with van der Waals surface area (Å²) in [4.78, 5) is 36.0. The number of carbonyl (C=O) groups excluding carboxylic acids is 3. The number of benzene rings is 1. The molecule has 1 aromatic carbocycles. The van der Waals surface area contributed by atoms with Gasteiger partial charge in [-0.3, -0.25) is 9.59 Å². The van der Waals surface area contributed by atoms with Gasteiger partial charge in [0.25, 0.3) is 5.91 Å². The molecule has 7 heteroatoms. The van der Waals surface area contributed by atoms with Crippen molar-refractivity contribution in [3.05, 3.63) is 41.2 Å². The van der Waals surface area contributed by atoms with Gasteiger partial charge in [-0.05, 0) is 31.5 Å². The van der Waals surface area contributed by atoms with Gasteiger partial charge in [-0.15, -0.1) is 0 Å². The summed E-state index contributed by atoms with van der Waals surface area (Å²) in [5.74, 6) is -2.54. The lowest BCUT2D eigenvalue weighted by Gasteiger charge is -2.26. The molecule has 1 N–H and O–H groups in total. The predicted octanol–water partition coefficient (Wildman–Crippen LogP) is 0.510. The first kappa shape index (κ1) is 17.5. The topological polar surface area (TPSA) is 107 Å². The quantitative estimate of drug-likeness (QED) is 0.779. The van der Waals surface area contributed by atoms with Crippen LogP contribution in [0.3, 0.4) is 0 Å². The van der Waals surface area contributed by atoms with E-state index >= 15 is 0 Å². The number of Topliss-reactive ketones (excluding diaryl/α,β-unsaturated/α-hetero) is 1. The molecule has 1 atom stereocenters. The summed E-state index contributed by atoms with van der Waals surface area (Å²) in [7, 11) is 0. The highest BCUT2D eigenvalue weighted by Gasteiger charge is 2.41. The number of ketones is 1. The molecular formula is C17H18NO6-. The Morgan fingerprint density at radius 3 is 2.42 bits per heavy atom. The lowest BCUT2D eigenvalue weighted by Crippen LogP contribution is -2.35. The third kappa shape index (κ3) is 3.40. The minimum atomic E-state index is -1.32. The monoisotopic (exact) mass is 332 g/mol. The van der Waals surface area contributed by atoms with Gasteiger partial charge in [-0.2, -0.15) is 0 Å². The Labute approximate surface area is 139 Å². The van der Waals surface area contributed by atoms with Crippen LogP contribution in [0.25, 0.3) is 0 Å². The van der Waals surface area contributed by atoms with Crippen LogP contribution in [-0.4, -0.2) is 40.8 Å². The largest absolute Gasteiger partial charge is 0.550 e. The van der Waals surface area contributed by atoms with Crippen molar-refractivity contribution in [2.45, 2.75) is 26.3 Å². The number of hydrogen-bond acceptors (Lipinski definition) is 6. The van der Waals surface area contributed by atoms with E-state index in [0.29, 0.717) is 17.9 Å². The van der Waals surface area contributed by atoms with Crippen LogP contribution < -0.4 is 9.84 Å². The molecule has 0 spiro atoms. The number of hydrogen-bond donors (Lipinski definition) is 1. The lowest BCUT2D eigenvalue weighted by atomic mass is 9.96. The Balaban J connectivity index is 2.40. The van der Waals surface area contributed by atoms with Crippen LogP contribution in [0, 0.1) is 0 Å². The SMILES string of the molecule is CCOc1ccc([C@@H]2C(C(C)=O)=C(O)C(=O)N2CCC(=O)[O-])cc1. The predicted molar refractivity (Wildman–Crippen MR) is 82.0 cm³/mol. The summed E-state index contributed by atoms with van der Waals surface area (Å²) in [5.41, 5.74) is 0.543. The molecule has 0 fully saturated rings. The maximum absolute atomic E-state index is 12.2. The molecule has 1 aliphatic heterocycles. The Hall–Kier alpha value is -2.83. The van der Waals surface area contributed by atoms with E-state index in [1.165, 1.54) is 6.92 Å². The zero-order valence-electron chi connectivity index (χ0n) is 13.4. The van der Waals surface area contributed by atoms with E-state index in [0.717, 1.165) is 4.90 Å². The number of aliphatic carboxylic acids is 1. The maximum atomic E-state index is 12.2. The van der Waals surface area contributed by atoms with Crippen LogP contribution in [-0.2, 0) is 14.4 Å². The molecule has 2 rings (SSSR count). The molecule has 1 aromatic rings. The second-order valence-electron chi connectivity index (χ2n) is 5.34. The molecular weight excluding hydrogens is 314 g/mol. The first-order chi connectivity index (χ1) is 11.4. The molecule has 7 nitrogen and oxygen atoms in total. The molecule has 0 aliphatic carbocycles. The minimum Gasteiger partial charge on any atom is -0.550 e. The van der Waals surface area contributed by atoms with Gasteiger partial charge in [0.15, 0.2) is 11.5 Å². The van der Waals surface area contributed by atoms with Gasteiger partial charge < -0.3 is 24.6 Å². The van der Waals surface area contributed by atoms with Gasteiger partial charge in [0.1, 0.15) is 5.75 Å². The number of amides is 1. The van der Waals surface area contributed by atoms with Crippen LogP contribution in [0.2, 0.25) is 0 Å². The Bertz CT molecular complexity index is 692. The van der Waals surface area contributed by atoms with Crippen LogP contribution in [0.15, 0.2) is 35.6 Å². The molecule has 0 bridgehead atoms. The number of carboxylic acids is 1. The number of ether oxygens (including phenoxy) is 1. The first-order valence-electron chi connectivity index (χ1n) is 7.54. The summed E-state index contributed by atoms with van der Waals surface area (Å²) in [6.07, 6.45) is -0.391. The molecule has 0 saturated carbocycles. The fourth-order valence-electron chi connectivity index (χ4n) is 2.72. The van der Waals surface area contributed by atoms with E-state index in [1.54, 1.807) is 24.3 Å². The second-order valence-corrected chi connectivity index (χ2v) is 5.34. The number of aliphatic hydroxyl groups excluding tert-OH is 1. The summed E-state index contributed by atoms with van der Waals surface area (Å²) < 4.78 is 5.35. The number of carbonyl (C=O) groups is 3. The summed E-state index contributed by atoms with van der Waals surface area (Å²) in [6.45, 7) is 3.43. The lowest BCUT2D eigenvalue weighted by molar-refractivity contribution is -0.305. The maximum Gasteiger partial charge on any atom is 0.290 e. The van der Waals surface area contributed by atoms with Crippen LogP contribution in [0.5, 0.6) is 5.75 Å². The molecule has 128 valence electrons. The molecule has 1 heterocycles. The second kappa shape index (κ2) is 7.16. The van der Waals surface area contributed by atoms with Gasteiger partial charge >= 0.3 is 0 Å². The fraction of sp³-hybridized carbons (Fsp3) is 0.353. The molecule has 1 aliphatic rings. The van der Waals surface area contributed by atoms with E-state index in [-0.39, 0.29) is 12.1 Å². The molecule has 24 heavy (non-hydrogen) atoms. The normalized spacial score (nSPS) is 17.3. The minimum absolute atomic E-state index is 0.0393. The molecule has 0 radical (unpaired) electrons. The van der Waals surface area contributed by atoms with Gasteiger partial charge in [-0.25, -0.2) is 0 Å². The van der Waals surface area contributed by atoms with Gasteiger partial charge in [0, 0.05) is 18.9 Å². The van der Waals surface area contributed by atoms with E-state index in [1.807, 2.05) is 6.92 Å². The average molecular weight is 332 g/mol. The number of carboxylic acid groups (broad SMARTS) is 1. The summed E-state index contributed by atoms with van der Waals surface area (Å²) >= 11 is 0. The van der Waals surface area contributed by atoms with Gasteiger partial charge in [-0.1, -0.05) is 12.1 Å². The Morgan fingerprint density at radius 2 is 1.92 bits per heavy atom. The molecule has 1 amide bonds. The number of nitrogens with zero attached hydrogens (tertiary/aromatic N) is 1. The molecule has 0 unspecified atom stereocenters. The van der Waals surface area contributed by atoms with Crippen molar-refractivity contribution in [1.82, 2.24) is 4.90 Å². The smallest absolute Gasteiger partial charge is 0.290 e. The highest BCUT2D eigenvalue weighted by Crippen LogP contribution is 2.38. The molecule has 0 aromatic heterocycles. The van der Waals surface area contributed by atoms with E-state index in [2.05, 4.69) is 0 Å². The van der Waals surface area contributed by atoms with Crippen molar-refractivity contribution in [3.63, 3.8) is 0 Å². The van der Waals surface area contributed by atoms with Crippen LogP contribution in [0.4, 0.5) is 0 Å². The van der Waals surface area contributed by atoms with Crippen molar-refractivity contribution < 1.29 is 29.3 Å². The van der Waals surface area contributed by atoms with Crippen molar-refractivity contribution in [1.29, 1.82) is 0 Å². The summed E-state index contributed by atoms with van der Waals surface area (Å²) in [6, 6.07) is 5.90. The van der Waals surface area contributed by atoms with Gasteiger partial charge in [0.05, 0.1) is 18.2 Å². The third-order valence-electron chi connectivity index (χ3n) is 3.75. The van der Waals surface area contributed by atoms with Gasteiger partial charge in [0.2, 0.25) is 0 Å². The van der Waals surface area contributed by atoms with Crippen molar-refractivity contribution in [3.8, 4) is 5.75 Å². The van der Waals surface area contributed by atoms with Crippen molar-refractivity contribution in [2.24, 2.45) is 0 Å². The number of aliphatic hydroxyl groups is 1. The summed E-state index contributed by atoms with van der Waals surface area (Å²) in [5, 5.41) is 20.7. The van der Waals surface area contributed by atoms with E-state index in [4.69, 9.17) is 4.74 Å². The Morgan fingerprint density at radius 1 is 1.29 bits per heavy atom. The fourth-order valence-corrected chi connectivity index (χ4v) is 2.72. The highest BCUT2D eigenvalue weighted by atomic mass is 16.5. The van der Waals surface area contributed by atoms with Crippen LogP contribution >= 0.6 is 0 Å². The Kier molecular flexibility index (Phi) is 5.23. The number of rotatable bonds is 7. The average Bonchev–Trinajstić information content (AvgIpc) is 2.78. The highest BCUT2D eigenvalue weighted by molar-refractivity contribution is 6.08. The zero-order valence-corrected chi connectivity index (χ0v) is 13.4. The van der Waals surface area contributed by atoms with E-state index < -0.39 is 35.9 Å². The van der Waals surface area contributed by atoms with Crippen LogP contribution in [0.1, 0.15) is 31.9 Å². The standard InChI is InChI=1S/C17H19NO6/c1-3-24-12-6-4-11(5-7-12)15-14(10(2)19)16(22)17(23)18(15)9-8-13(20)21/h4-7,15,22H,3,8-9H2,1-2H3,(H,20,21)/p-1/t15-/m1/s1. The zero-order chi connectivity index (χ0) is 17.9. The first-order valence-corrected chi connectivity index (χ1v) is 7.54. The third-order valence-corrected chi connectivity index (χ3v) is 3.75.